The summed E-state index contributed by atoms with van der Waals surface area (Å²) in [7, 11) is 0. The summed E-state index contributed by atoms with van der Waals surface area (Å²) in [5.74, 6) is 0.120. The van der Waals surface area contributed by atoms with Crippen LogP contribution in [0.3, 0.4) is 0 Å². The molecule has 0 aliphatic carbocycles. The number of carbonyl (C=O) groups excluding carboxylic acids is 1. The molecule has 1 N–H and O–H groups in total. The Kier molecular flexibility index (Phi) is 5.48. The minimum atomic E-state index is -4.45. The van der Waals surface area contributed by atoms with E-state index in [-0.39, 0.29) is 11.6 Å². The van der Waals surface area contributed by atoms with E-state index in [1.165, 1.54) is 5.56 Å². The highest BCUT2D eigenvalue weighted by Crippen LogP contribution is 2.29. The van der Waals surface area contributed by atoms with Crippen LogP contribution in [-0.4, -0.2) is 16.1 Å². The van der Waals surface area contributed by atoms with E-state index in [0.717, 1.165) is 29.8 Å². The molecule has 0 saturated carbocycles. The maximum Gasteiger partial charge on any atom is 0.416 e. The van der Waals surface area contributed by atoms with Crippen LogP contribution >= 0.6 is 0 Å². The van der Waals surface area contributed by atoms with Crippen molar-refractivity contribution in [2.45, 2.75) is 32.4 Å². The first-order valence-corrected chi connectivity index (χ1v) is 8.62. The largest absolute Gasteiger partial charge is 0.416 e. The van der Waals surface area contributed by atoms with Crippen LogP contribution in [0.2, 0.25) is 0 Å². The molecular weight excluding hydrogens is 371 g/mol. The third kappa shape index (κ3) is 4.76. The number of nitrogens with one attached hydrogen (secondary N) is 1. The summed E-state index contributed by atoms with van der Waals surface area (Å²) in [5, 5.41) is 10.0. The van der Waals surface area contributed by atoms with Crippen molar-refractivity contribution < 1.29 is 22.4 Å². The molecule has 146 valence electrons. The number of alkyl halides is 3. The zero-order valence-electron chi connectivity index (χ0n) is 15.2. The average Bonchev–Trinajstić information content (AvgIpc) is 3.08. The van der Waals surface area contributed by atoms with E-state index in [4.69, 9.17) is 4.42 Å². The minimum Gasteiger partial charge on any atom is -0.407 e. The van der Waals surface area contributed by atoms with Gasteiger partial charge >= 0.3 is 12.2 Å². The lowest BCUT2D eigenvalue weighted by molar-refractivity contribution is -0.137. The molecule has 0 unspecified atom stereocenters. The highest BCUT2D eigenvalue weighted by atomic mass is 19.4. The number of amides is 1. The second-order valence-electron chi connectivity index (χ2n) is 6.60. The van der Waals surface area contributed by atoms with Gasteiger partial charge in [-0.1, -0.05) is 43.2 Å². The molecule has 0 fully saturated rings. The summed E-state index contributed by atoms with van der Waals surface area (Å²) in [6, 6.07) is 11.8. The molecule has 1 aromatic heterocycles. The summed E-state index contributed by atoms with van der Waals surface area (Å²) in [4.78, 5) is 12.1. The Morgan fingerprint density at radius 2 is 1.68 bits per heavy atom. The van der Waals surface area contributed by atoms with Crippen molar-refractivity contribution in [1.29, 1.82) is 0 Å². The predicted molar refractivity (Wildman–Crippen MR) is 97.0 cm³/mol. The number of rotatable bonds is 5. The van der Waals surface area contributed by atoms with Gasteiger partial charge < -0.3 is 4.42 Å². The van der Waals surface area contributed by atoms with Gasteiger partial charge in [-0.3, -0.25) is 10.1 Å². The fourth-order valence-corrected chi connectivity index (χ4v) is 2.55. The first-order chi connectivity index (χ1) is 13.2. The minimum absolute atomic E-state index is 0.0528. The van der Waals surface area contributed by atoms with Gasteiger partial charge in [0.25, 0.3) is 5.91 Å². The zero-order chi connectivity index (χ0) is 20.3. The van der Waals surface area contributed by atoms with Crippen LogP contribution in [0.15, 0.2) is 52.9 Å². The van der Waals surface area contributed by atoms with Crippen molar-refractivity contribution in [1.82, 2.24) is 10.2 Å². The van der Waals surface area contributed by atoms with Crippen LogP contribution in [0.25, 0.3) is 0 Å². The van der Waals surface area contributed by atoms with Crippen molar-refractivity contribution in [3.05, 3.63) is 76.7 Å². The van der Waals surface area contributed by atoms with Gasteiger partial charge in [0, 0.05) is 5.56 Å². The molecule has 3 aromatic rings. The van der Waals surface area contributed by atoms with Gasteiger partial charge in [-0.25, -0.2) is 0 Å². The van der Waals surface area contributed by atoms with E-state index in [2.05, 4.69) is 29.4 Å². The third-order valence-electron chi connectivity index (χ3n) is 4.16. The van der Waals surface area contributed by atoms with E-state index in [1.807, 2.05) is 24.3 Å². The lowest BCUT2D eigenvalue weighted by Gasteiger charge is -2.07. The normalized spacial score (nSPS) is 11.6. The molecule has 28 heavy (non-hydrogen) atoms. The number of hydrogen-bond acceptors (Lipinski definition) is 4. The van der Waals surface area contributed by atoms with Gasteiger partial charge in [-0.2, -0.15) is 13.2 Å². The standard InChI is InChI=1S/C20H18F3N3O2/c1-12(2)14-5-3-13(4-6-14)11-17-25-26-19(28-17)24-18(27)15-7-9-16(10-8-15)20(21,22)23/h3-10,12H,11H2,1-2H3,(H,24,26,27). The van der Waals surface area contributed by atoms with Crippen LogP contribution in [0.5, 0.6) is 0 Å². The molecule has 1 heterocycles. The van der Waals surface area contributed by atoms with Gasteiger partial charge in [0.1, 0.15) is 0 Å². The molecule has 0 aliphatic heterocycles. The summed E-state index contributed by atoms with van der Waals surface area (Å²) in [6.45, 7) is 4.22. The molecule has 0 spiro atoms. The van der Waals surface area contributed by atoms with Gasteiger partial charge in [0.2, 0.25) is 5.89 Å². The summed E-state index contributed by atoms with van der Waals surface area (Å²) >= 11 is 0. The lowest BCUT2D eigenvalue weighted by Crippen LogP contribution is -2.13. The molecule has 1 amide bonds. The third-order valence-corrected chi connectivity index (χ3v) is 4.16. The van der Waals surface area contributed by atoms with Crippen LogP contribution in [0, 0.1) is 0 Å². The Morgan fingerprint density at radius 3 is 2.25 bits per heavy atom. The summed E-state index contributed by atoms with van der Waals surface area (Å²) in [6.07, 6.45) is -4.05. The molecule has 3 rings (SSSR count). The second-order valence-corrected chi connectivity index (χ2v) is 6.60. The number of carbonyl (C=O) groups is 1. The molecule has 0 aliphatic rings. The van der Waals surface area contributed by atoms with Gasteiger partial charge in [0.15, 0.2) is 0 Å². The lowest BCUT2D eigenvalue weighted by atomic mass is 10.0. The Balaban J connectivity index is 1.63. The number of benzene rings is 2. The van der Waals surface area contributed by atoms with E-state index >= 15 is 0 Å². The highest BCUT2D eigenvalue weighted by molar-refractivity contribution is 6.03. The first-order valence-electron chi connectivity index (χ1n) is 8.62. The summed E-state index contributed by atoms with van der Waals surface area (Å²) < 4.78 is 43.1. The molecule has 0 bridgehead atoms. The smallest absolute Gasteiger partial charge is 0.407 e. The molecule has 2 aromatic carbocycles. The van der Waals surface area contributed by atoms with E-state index < -0.39 is 17.6 Å². The number of halogens is 3. The van der Waals surface area contributed by atoms with E-state index in [1.54, 1.807) is 0 Å². The number of hydrogen-bond donors (Lipinski definition) is 1. The molecule has 8 heteroatoms. The van der Waals surface area contributed by atoms with Crippen LogP contribution in [0.1, 0.15) is 52.7 Å². The maximum absolute atomic E-state index is 12.6. The maximum atomic E-state index is 12.6. The van der Waals surface area contributed by atoms with Crippen molar-refractivity contribution >= 4 is 11.9 Å². The highest BCUT2D eigenvalue weighted by Gasteiger charge is 2.30. The van der Waals surface area contributed by atoms with Crippen LogP contribution in [-0.2, 0) is 12.6 Å². The number of nitrogens with zero attached hydrogens (tertiary/aromatic N) is 2. The first kappa shape index (κ1) is 19.6. The SMILES string of the molecule is CC(C)c1ccc(Cc2nnc(NC(=O)c3ccc(C(F)(F)F)cc3)o2)cc1. The molecule has 0 radical (unpaired) electrons. The molecular formula is C20H18F3N3O2. The van der Waals surface area contributed by atoms with Gasteiger partial charge in [0.05, 0.1) is 12.0 Å². The molecule has 0 saturated heterocycles. The van der Waals surface area contributed by atoms with Crippen molar-refractivity contribution in [3.8, 4) is 0 Å². The fourth-order valence-electron chi connectivity index (χ4n) is 2.55. The molecule has 5 nitrogen and oxygen atoms in total. The van der Waals surface area contributed by atoms with E-state index in [9.17, 15) is 18.0 Å². The monoisotopic (exact) mass is 389 g/mol. The number of aromatic nitrogens is 2. The Morgan fingerprint density at radius 1 is 1.04 bits per heavy atom. The fraction of sp³-hybridized carbons (Fsp3) is 0.250. The van der Waals surface area contributed by atoms with Crippen LogP contribution in [0.4, 0.5) is 19.2 Å². The van der Waals surface area contributed by atoms with Crippen molar-refractivity contribution in [2.24, 2.45) is 0 Å². The Hall–Kier alpha value is -3.16. The quantitative estimate of drug-likeness (QED) is 0.663. The Bertz CT molecular complexity index is 946. The Labute approximate surface area is 159 Å². The second kappa shape index (κ2) is 7.84. The van der Waals surface area contributed by atoms with Gasteiger partial charge in [-0.05, 0) is 41.3 Å². The zero-order valence-corrected chi connectivity index (χ0v) is 15.2. The topological polar surface area (TPSA) is 68.0 Å². The van der Waals surface area contributed by atoms with Crippen molar-refractivity contribution in [2.75, 3.05) is 5.32 Å². The number of anilines is 1. The van der Waals surface area contributed by atoms with Crippen LogP contribution < -0.4 is 5.32 Å². The van der Waals surface area contributed by atoms with Gasteiger partial charge in [-0.15, -0.1) is 5.10 Å². The summed E-state index contributed by atoms with van der Waals surface area (Å²) in [5.41, 5.74) is 1.43. The van der Waals surface area contributed by atoms with Crippen molar-refractivity contribution in [3.63, 3.8) is 0 Å². The predicted octanol–water partition coefficient (Wildman–Crippen LogP) is 5.05. The van der Waals surface area contributed by atoms with E-state index in [0.29, 0.717) is 18.2 Å². The average molecular weight is 389 g/mol. The molecule has 0 atom stereocenters.